The number of halogens is 2. The minimum Gasteiger partial charge on any atom is -0.482 e. The van der Waals surface area contributed by atoms with Gasteiger partial charge in [0.05, 0.1) is 17.7 Å². The summed E-state index contributed by atoms with van der Waals surface area (Å²) in [5.41, 5.74) is 0. The first-order valence-corrected chi connectivity index (χ1v) is 6.67. The molecule has 1 atom stereocenters. The molecule has 1 amide bonds. The third-order valence-corrected chi connectivity index (χ3v) is 3.15. The highest BCUT2D eigenvalue weighted by atomic mass is 35.5. The van der Waals surface area contributed by atoms with Crippen molar-refractivity contribution in [3.63, 3.8) is 0 Å². The summed E-state index contributed by atoms with van der Waals surface area (Å²) >= 11 is 11.7. The second kappa shape index (κ2) is 7.58. The van der Waals surface area contributed by atoms with Crippen LogP contribution >= 0.6 is 23.2 Å². The lowest BCUT2D eigenvalue weighted by atomic mass is 10.1. The molecule has 0 spiro atoms. The van der Waals surface area contributed by atoms with Crippen LogP contribution in [0.4, 0.5) is 0 Å². The summed E-state index contributed by atoms with van der Waals surface area (Å²) in [5.74, 6) is 0.182. The molecule has 0 saturated carbocycles. The summed E-state index contributed by atoms with van der Waals surface area (Å²) < 4.78 is 5.29. The molecular formula is C13H17Cl2NO3. The molecule has 1 rings (SSSR count). The van der Waals surface area contributed by atoms with Gasteiger partial charge in [-0.15, -0.1) is 0 Å². The van der Waals surface area contributed by atoms with Gasteiger partial charge in [-0.1, -0.05) is 37.0 Å². The normalized spacial score (nSPS) is 12.3. The van der Waals surface area contributed by atoms with Crippen LogP contribution in [-0.2, 0) is 4.79 Å². The van der Waals surface area contributed by atoms with Crippen LogP contribution in [0.1, 0.15) is 13.8 Å². The van der Waals surface area contributed by atoms with Crippen LogP contribution < -0.4 is 10.1 Å². The molecule has 6 heteroatoms. The highest BCUT2D eigenvalue weighted by Gasteiger charge is 2.15. The van der Waals surface area contributed by atoms with Gasteiger partial charge in [0.25, 0.3) is 5.91 Å². The molecule has 19 heavy (non-hydrogen) atoms. The van der Waals surface area contributed by atoms with Crippen molar-refractivity contribution >= 4 is 29.1 Å². The number of carbonyl (C=O) groups excluding carboxylic acids is 1. The van der Waals surface area contributed by atoms with Crippen LogP contribution in [0.15, 0.2) is 18.2 Å². The Hall–Kier alpha value is -0.970. The lowest BCUT2D eigenvalue weighted by molar-refractivity contribution is -0.124. The number of ether oxygens (including phenoxy) is 1. The Bertz CT molecular complexity index is 438. The highest BCUT2D eigenvalue weighted by molar-refractivity contribution is 6.34. The molecule has 0 aliphatic rings. The lowest BCUT2D eigenvalue weighted by Crippen LogP contribution is -2.43. The number of carbonyl (C=O) groups is 1. The summed E-state index contributed by atoms with van der Waals surface area (Å²) in [4.78, 5) is 11.7. The maximum absolute atomic E-state index is 11.7. The number of hydrogen-bond donors (Lipinski definition) is 2. The van der Waals surface area contributed by atoms with E-state index in [2.05, 4.69) is 5.32 Å². The summed E-state index contributed by atoms with van der Waals surface area (Å²) in [6.45, 7) is 3.54. The quantitative estimate of drug-likeness (QED) is 0.849. The van der Waals surface area contributed by atoms with Gasteiger partial charge >= 0.3 is 0 Å². The fraction of sp³-hybridized carbons (Fsp3) is 0.462. The first kappa shape index (κ1) is 16.1. The molecule has 1 unspecified atom stereocenters. The molecule has 0 bridgehead atoms. The van der Waals surface area contributed by atoms with Crippen molar-refractivity contribution < 1.29 is 14.6 Å². The molecule has 0 aromatic heterocycles. The number of nitrogens with one attached hydrogen (secondary N) is 1. The Morgan fingerprint density at radius 2 is 2.11 bits per heavy atom. The van der Waals surface area contributed by atoms with Crippen molar-refractivity contribution in [2.24, 2.45) is 5.92 Å². The van der Waals surface area contributed by atoms with Crippen LogP contribution in [0.3, 0.4) is 0 Å². The van der Waals surface area contributed by atoms with Crippen LogP contribution in [-0.4, -0.2) is 30.3 Å². The molecule has 4 nitrogen and oxygen atoms in total. The zero-order valence-electron chi connectivity index (χ0n) is 10.8. The second-order valence-electron chi connectivity index (χ2n) is 4.46. The average molecular weight is 306 g/mol. The Labute approximate surface area is 122 Å². The van der Waals surface area contributed by atoms with Gasteiger partial charge in [0, 0.05) is 11.1 Å². The predicted molar refractivity (Wildman–Crippen MR) is 75.8 cm³/mol. The van der Waals surface area contributed by atoms with E-state index in [0.29, 0.717) is 15.8 Å². The fourth-order valence-electron chi connectivity index (χ4n) is 1.40. The van der Waals surface area contributed by atoms with Crippen LogP contribution in [0.5, 0.6) is 5.75 Å². The predicted octanol–water partition coefficient (Wildman–Crippen LogP) is 2.51. The monoisotopic (exact) mass is 305 g/mol. The highest BCUT2D eigenvalue weighted by Crippen LogP contribution is 2.27. The van der Waals surface area contributed by atoms with Gasteiger partial charge in [0.2, 0.25) is 0 Å². The standard InChI is InChI=1S/C13H17Cl2NO3/c1-8(2)11(6-17)16-13(18)7-19-12-5-9(14)3-4-10(12)15/h3-5,8,11,17H,6-7H2,1-2H3,(H,16,18). The van der Waals surface area contributed by atoms with Gasteiger partial charge in [-0.05, 0) is 18.1 Å². The molecular weight excluding hydrogens is 289 g/mol. The van der Waals surface area contributed by atoms with Crippen LogP contribution in [0, 0.1) is 5.92 Å². The molecule has 0 aliphatic heterocycles. The van der Waals surface area contributed by atoms with Crippen molar-refractivity contribution in [2.75, 3.05) is 13.2 Å². The summed E-state index contributed by atoms with van der Waals surface area (Å²) in [6.07, 6.45) is 0. The third kappa shape index (κ3) is 5.27. The lowest BCUT2D eigenvalue weighted by Gasteiger charge is -2.20. The van der Waals surface area contributed by atoms with Crippen molar-refractivity contribution in [1.82, 2.24) is 5.32 Å². The molecule has 0 radical (unpaired) electrons. The Kier molecular flexibility index (Phi) is 6.42. The smallest absolute Gasteiger partial charge is 0.258 e. The van der Waals surface area contributed by atoms with Gasteiger partial charge < -0.3 is 15.2 Å². The summed E-state index contributed by atoms with van der Waals surface area (Å²) in [7, 11) is 0. The van der Waals surface area contributed by atoms with E-state index >= 15 is 0 Å². The number of hydrogen-bond acceptors (Lipinski definition) is 3. The Morgan fingerprint density at radius 1 is 1.42 bits per heavy atom. The first-order chi connectivity index (χ1) is 8.93. The van der Waals surface area contributed by atoms with Gasteiger partial charge in [0.15, 0.2) is 6.61 Å². The number of rotatable bonds is 6. The average Bonchev–Trinajstić information content (AvgIpc) is 2.36. The van der Waals surface area contributed by atoms with E-state index in [0.717, 1.165) is 0 Å². The van der Waals surface area contributed by atoms with E-state index in [1.54, 1.807) is 18.2 Å². The zero-order chi connectivity index (χ0) is 14.4. The first-order valence-electron chi connectivity index (χ1n) is 5.92. The summed E-state index contributed by atoms with van der Waals surface area (Å²) in [5, 5.41) is 12.7. The SMILES string of the molecule is CC(C)C(CO)NC(=O)COc1cc(Cl)ccc1Cl. The molecule has 106 valence electrons. The number of aliphatic hydroxyl groups is 1. The molecule has 0 heterocycles. The van der Waals surface area contributed by atoms with E-state index in [-0.39, 0.29) is 31.1 Å². The number of amides is 1. The van der Waals surface area contributed by atoms with Gasteiger partial charge in [-0.3, -0.25) is 4.79 Å². The van der Waals surface area contributed by atoms with Gasteiger partial charge in [0.1, 0.15) is 5.75 Å². The van der Waals surface area contributed by atoms with Crippen LogP contribution in [0.2, 0.25) is 10.0 Å². The molecule has 0 aliphatic carbocycles. The van der Waals surface area contributed by atoms with Crippen molar-refractivity contribution in [2.45, 2.75) is 19.9 Å². The molecule has 0 fully saturated rings. The van der Waals surface area contributed by atoms with Crippen molar-refractivity contribution in [3.8, 4) is 5.75 Å². The second-order valence-corrected chi connectivity index (χ2v) is 5.31. The molecule has 1 aromatic rings. The molecule has 1 aromatic carbocycles. The third-order valence-electron chi connectivity index (χ3n) is 2.60. The number of benzene rings is 1. The van der Waals surface area contributed by atoms with Crippen LogP contribution in [0.25, 0.3) is 0 Å². The Morgan fingerprint density at radius 3 is 2.68 bits per heavy atom. The minimum atomic E-state index is -0.316. The molecule has 0 saturated heterocycles. The fourth-order valence-corrected chi connectivity index (χ4v) is 1.74. The van der Waals surface area contributed by atoms with E-state index in [1.165, 1.54) is 0 Å². The van der Waals surface area contributed by atoms with Gasteiger partial charge in [-0.2, -0.15) is 0 Å². The van der Waals surface area contributed by atoms with E-state index < -0.39 is 0 Å². The van der Waals surface area contributed by atoms with E-state index in [4.69, 9.17) is 33.0 Å². The minimum absolute atomic E-state index is 0.110. The summed E-state index contributed by atoms with van der Waals surface area (Å²) in [6, 6.07) is 4.49. The largest absolute Gasteiger partial charge is 0.482 e. The Balaban J connectivity index is 2.52. The van der Waals surface area contributed by atoms with E-state index in [1.807, 2.05) is 13.8 Å². The molecule has 2 N–H and O–H groups in total. The topological polar surface area (TPSA) is 58.6 Å². The maximum Gasteiger partial charge on any atom is 0.258 e. The van der Waals surface area contributed by atoms with Gasteiger partial charge in [-0.25, -0.2) is 0 Å². The van der Waals surface area contributed by atoms with Crippen molar-refractivity contribution in [3.05, 3.63) is 28.2 Å². The maximum atomic E-state index is 11.7. The van der Waals surface area contributed by atoms with Crippen molar-refractivity contribution in [1.29, 1.82) is 0 Å². The zero-order valence-corrected chi connectivity index (χ0v) is 12.3. The number of aliphatic hydroxyl groups excluding tert-OH is 1. The van der Waals surface area contributed by atoms with E-state index in [9.17, 15) is 4.79 Å².